The van der Waals surface area contributed by atoms with Gasteiger partial charge >= 0.3 is 0 Å². The zero-order chi connectivity index (χ0) is 14.4. The smallest absolute Gasteiger partial charge is 0.0792 e. The molecule has 1 nitrogen and oxygen atoms in total. The van der Waals surface area contributed by atoms with Crippen molar-refractivity contribution in [2.45, 2.75) is 65.9 Å². The topological polar surface area (TPSA) is 20.2 Å². The Balaban J connectivity index is 2.74. The number of unbranched alkanes of at least 4 members (excludes halogenated alkanes) is 1. The van der Waals surface area contributed by atoms with Gasteiger partial charge in [0.15, 0.2) is 0 Å². The van der Waals surface area contributed by atoms with Crippen LogP contribution in [-0.4, -0.2) is 5.11 Å². The summed E-state index contributed by atoms with van der Waals surface area (Å²) in [6, 6.07) is 4.21. The monoisotopic (exact) mass is 326 g/mol. The molecular formula is C17H27BrO. The van der Waals surface area contributed by atoms with Gasteiger partial charge in [0.2, 0.25) is 0 Å². The lowest BCUT2D eigenvalue weighted by Crippen LogP contribution is -2.07. The van der Waals surface area contributed by atoms with Crippen molar-refractivity contribution >= 4 is 15.9 Å². The molecule has 1 rings (SSSR count). The van der Waals surface area contributed by atoms with Crippen LogP contribution in [0, 0.1) is 19.8 Å². The number of hydrogen-bond donors (Lipinski definition) is 1. The lowest BCUT2D eigenvalue weighted by molar-refractivity contribution is 0.139. The second-order valence-electron chi connectivity index (χ2n) is 5.64. The van der Waals surface area contributed by atoms with Gasteiger partial charge < -0.3 is 5.11 Å². The molecule has 0 aromatic heterocycles. The first-order valence-electron chi connectivity index (χ1n) is 7.44. The molecular weight excluding hydrogens is 300 g/mol. The van der Waals surface area contributed by atoms with Crippen molar-refractivity contribution in [3.63, 3.8) is 0 Å². The van der Waals surface area contributed by atoms with E-state index in [1.165, 1.54) is 30.4 Å². The van der Waals surface area contributed by atoms with Crippen LogP contribution in [-0.2, 0) is 0 Å². The summed E-state index contributed by atoms with van der Waals surface area (Å²) in [6.07, 6.45) is 5.46. The Morgan fingerprint density at radius 2 is 1.74 bits per heavy atom. The molecule has 0 amide bonds. The maximum Gasteiger partial charge on any atom is 0.0792 e. The van der Waals surface area contributed by atoms with E-state index in [9.17, 15) is 5.11 Å². The molecule has 0 aliphatic rings. The van der Waals surface area contributed by atoms with E-state index in [1.54, 1.807) is 0 Å². The summed E-state index contributed by atoms with van der Waals surface area (Å²) in [7, 11) is 0. The molecule has 19 heavy (non-hydrogen) atoms. The number of aryl methyl sites for hydroxylation is 2. The number of benzene rings is 1. The average Bonchev–Trinajstić information content (AvgIpc) is 2.39. The maximum absolute atomic E-state index is 10.4. The predicted molar refractivity (Wildman–Crippen MR) is 86.5 cm³/mol. The largest absolute Gasteiger partial charge is 0.388 e. The third kappa shape index (κ3) is 4.92. The van der Waals surface area contributed by atoms with Gasteiger partial charge in [-0.2, -0.15) is 0 Å². The van der Waals surface area contributed by atoms with Gasteiger partial charge in [0.05, 0.1) is 6.10 Å². The molecule has 0 bridgehead atoms. The predicted octanol–water partition coefficient (Wildman–Crippen LogP) is 5.71. The van der Waals surface area contributed by atoms with Gasteiger partial charge in [0.1, 0.15) is 0 Å². The Morgan fingerprint density at radius 1 is 1.16 bits per heavy atom. The second-order valence-corrected chi connectivity index (χ2v) is 6.43. The highest BCUT2D eigenvalue weighted by Gasteiger charge is 2.16. The first-order chi connectivity index (χ1) is 8.99. The van der Waals surface area contributed by atoms with Crippen LogP contribution in [0.4, 0.5) is 0 Å². The van der Waals surface area contributed by atoms with E-state index < -0.39 is 0 Å². The molecule has 1 aromatic rings. The van der Waals surface area contributed by atoms with Crippen LogP contribution in [0.2, 0.25) is 0 Å². The Kier molecular flexibility index (Phi) is 7.09. The van der Waals surface area contributed by atoms with Crippen LogP contribution < -0.4 is 0 Å². The second kappa shape index (κ2) is 8.06. The molecule has 0 saturated heterocycles. The van der Waals surface area contributed by atoms with Gasteiger partial charge in [0, 0.05) is 4.47 Å². The quantitative estimate of drug-likeness (QED) is 0.680. The standard InChI is InChI=1S/C17H27BrO/c1-5-7-8-14(6-2)11-16(19)15-9-12(3)17(18)13(4)10-15/h9-10,14,16,19H,5-8,11H2,1-4H3. The minimum absolute atomic E-state index is 0.327. The molecule has 1 aromatic carbocycles. The first-order valence-corrected chi connectivity index (χ1v) is 8.23. The SMILES string of the molecule is CCCCC(CC)CC(O)c1cc(C)c(Br)c(C)c1. The van der Waals surface area contributed by atoms with E-state index in [-0.39, 0.29) is 6.10 Å². The summed E-state index contributed by atoms with van der Waals surface area (Å²) in [5.74, 6) is 0.638. The number of aliphatic hydroxyl groups is 1. The molecule has 0 aliphatic carbocycles. The molecule has 108 valence electrons. The van der Waals surface area contributed by atoms with Crippen molar-refractivity contribution in [3.05, 3.63) is 33.3 Å². The molecule has 0 heterocycles. The van der Waals surface area contributed by atoms with Crippen molar-refractivity contribution in [2.24, 2.45) is 5.92 Å². The Hall–Kier alpha value is -0.340. The highest BCUT2D eigenvalue weighted by molar-refractivity contribution is 9.10. The Bertz CT molecular complexity index is 377. The molecule has 0 fully saturated rings. The highest BCUT2D eigenvalue weighted by atomic mass is 79.9. The van der Waals surface area contributed by atoms with Gasteiger partial charge in [-0.1, -0.05) is 67.6 Å². The minimum atomic E-state index is -0.327. The Morgan fingerprint density at radius 3 is 2.21 bits per heavy atom. The summed E-state index contributed by atoms with van der Waals surface area (Å²) < 4.78 is 1.15. The van der Waals surface area contributed by atoms with Gasteiger partial charge in [-0.15, -0.1) is 0 Å². The third-order valence-electron chi connectivity index (χ3n) is 3.94. The van der Waals surface area contributed by atoms with E-state index in [0.717, 1.165) is 22.9 Å². The number of rotatable bonds is 7. The van der Waals surface area contributed by atoms with Gasteiger partial charge in [-0.05, 0) is 42.9 Å². The number of aliphatic hydroxyl groups excluding tert-OH is 1. The molecule has 2 heteroatoms. The zero-order valence-corrected chi connectivity index (χ0v) is 14.3. The minimum Gasteiger partial charge on any atom is -0.388 e. The maximum atomic E-state index is 10.4. The molecule has 0 aliphatic heterocycles. The van der Waals surface area contributed by atoms with Crippen LogP contribution in [0.1, 0.15) is 68.7 Å². The molecule has 0 radical (unpaired) electrons. The fourth-order valence-electron chi connectivity index (χ4n) is 2.61. The van der Waals surface area contributed by atoms with Gasteiger partial charge in [-0.25, -0.2) is 0 Å². The molecule has 1 N–H and O–H groups in total. The highest BCUT2D eigenvalue weighted by Crippen LogP contribution is 2.30. The number of halogens is 1. The van der Waals surface area contributed by atoms with E-state index >= 15 is 0 Å². The van der Waals surface area contributed by atoms with Crippen LogP contribution in [0.15, 0.2) is 16.6 Å². The third-order valence-corrected chi connectivity index (χ3v) is 5.19. The van der Waals surface area contributed by atoms with Crippen LogP contribution in [0.25, 0.3) is 0 Å². The van der Waals surface area contributed by atoms with Crippen LogP contribution in [0.3, 0.4) is 0 Å². The van der Waals surface area contributed by atoms with Gasteiger partial charge in [0.25, 0.3) is 0 Å². The summed E-state index contributed by atoms with van der Waals surface area (Å²) in [4.78, 5) is 0. The lowest BCUT2D eigenvalue weighted by Gasteiger charge is -2.20. The zero-order valence-electron chi connectivity index (χ0n) is 12.7. The van der Waals surface area contributed by atoms with E-state index in [0.29, 0.717) is 5.92 Å². The lowest BCUT2D eigenvalue weighted by atomic mass is 9.90. The number of hydrogen-bond acceptors (Lipinski definition) is 1. The first kappa shape index (κ1) is 16.7. The van der Waals surface area contributed by atoms with Crippen molar-refractivity contribution in [1.82, 2.24) is 0 Å². The molecule has 2 atom stereocenters. The van der Waals surface area contributed by atoms with E-state index in [1.807, 2.05) is 0 Å². The Labute approximate surface area is 126 Å². The fraction of sp³-hybridized carbons (Fsp3) is 0.647. The summed E-state index contributed by atoms with van der Waals surface area (Å²) in [6.45, 7) is 8.62. The van der Waals surface area contributed by atoms with Crippen molar-refractivity contribution in [3.8, 4) is 0 Å². The van der Waals surface area contributed by atoms with Crippen molar-refractivity contribution in [2.75, 3.05) is 0 Å². The molecule has 0 saturated carbocycles. The normalized spacial score (nSPS) is 14.4. The molecule has 0 spiro atoms. The van der Waals surface area contributed by atoms with Crippen LogP contribution in [0.5, 0.6) is 0 Å². The summed E-state index contributed by atoms with van der Waals surface area (Å²) in [5, 5.41) is 10.4. The summed E-state index contributed by atoms with van der Waals surface area (Å²) in [5.41, 5.74) is 3.47. The molecule has 2 unspecified atom stereocenters. The fourth-order valence-corrected chi connectivity index (χ4v) is 2.83. The van der Waals surface area contributed by atoms with E-state index in [2.05, 4.69) is 55.8 Å². The van der Waals surface area contributed by atoms with Crippen molar-refractivity contribution in [1.29, 1.82) is 0 Å². The van der Waals surface area contributed by atoms with Crippen molar-refractivity contribution < 1.29 is 5.11 Å². The average molecular weight is 327 g/mol. The van der Waals surface area contributed by atoms with Crippen LogP contribution >= 0.6 is 15.9 Å². The van der Waals surface area contributed by atoms with Gasteiger partial charge in [-0.3, -0.25) is 0 Å². The summed E-state index contributed by atoms with van der Waals surface area (Å²) >= 11 is 3.58. The van der Waals surface area contributed by atoms with E-state index in [4.69, 9.17) is 0 Å².